The highest BCUT2D eigenvalue weighted by Gasteiger charge is 2.53. The Labute approximate surface area is 196 Å². The van der Waals surface area contributed by atoms with Gasteiger partial charge in [0.25, 0.3) is 0 Å². The van der Waals surface area contributed by atoms with E-state index in [1.165, 1.54) is 12.0 Å². The van der Waals surface area contributed by atoms with E-state index in [-0.39, 0.29) is 18.4 Å². The van der Waals surface area contributed by atoms with Crippen LogP contribution in [0.1, 0.15) is 30.1 Å². The molecule has 4 nitrogen and oxygen atoms in total. The number of piperidine rings is 3. The topological polar surface area (TPSA) is 42.4 Å². The molecule has 0 amide bonds. The van der Waals surface area contributed by atoms with Crippen LogP contribution in [0.3, 0.4) is 0 Å². The first-order valence-corrected chi connectivity index (χ1v) is 11.3. The molecule has 0 spiro atoms. The van der Waals surface area contributed by atoms with Gasteiger partial charge in [-0.1, -0.05) is 36.4 Å². The average molecular weight is 451 g/mol. The summed E-state index contributed by atoms with van der Waals surface area (Å²) in [6.07, 6.45) is 5.65. The van der Waals surface area contributed by atoms with Crippen LogP contribution < -0.4 is 17.1 Å². The Balaban J connectivity index is 0.00000245. The number of aliphatic hydroxyl groups excluding tert-OH is 1. The third-order valence-electron chi connectivity index (χ3n) is 7.68. The van der Waals surface area contributed by atoms with Gasteiger partial charge in [-0.15, -0.1) is 6.58 Å². The van der Waals surface area contributed by atoms with E-state index in [9.17, 15) is 5.11 Å². The molecule has 4 heterocycles. The Morgan fingerprint density at radius 2 is 2.03 bits per heavy atom. The number of ether oxygens (including phenoxy) is 1. The Bertz CT molecular complexity index is 1090. The Morgan fingerprint density at radius 1 is 1.22 bits per heavy atom. The molecular formula is C27H31ClN2O2. The number of methoxy groups -OCH3 is 1. The molecule has 1 unspecified atom stereocenters. The van der Waals surface area contributed by atoms with E-state index in [1.54, 1.807) is 7.11 Å². The van der Waals surface area contributed by atoms with Crippen molar-refractivity contribution in [3.05, 3.63) is 84.6 Å². The highest BCUT2D eigenvalue weighted by Crippen LogP contribution is 2.48. The monoisotopic (exact) mass is 450 g/mol. The molecule has 5 atom stereocenters. The van der Waals surface area contributed by atoms with Crippen LogP contribution in [0, 0.1) is 11.8 Å². The number of aromatic nitrogens is 1. The summed E-state index contributed by atoms with van der Waals surface area (Å²) < 4.78 is 6.38. The van der Waals surface area contributed by atoms with Gasteiger partial charge in [-0.2, -0.15) is 0 Å². The number of hydrogen-bond acceptors (Lipinski definition) is 3. The molecule has 6 rings (SSSR count). The first-order chi connectivity index (χ1) is 15.1. The van der Waals surface area contributed by atoms with Crippen molar-refractivity contribution in [3.8, 4) is 5.75 Å². The number of nitrogens with zero attached hydrogens (tertiary/aromatic N) is 2. The minimum atomic E-state index is -0.546. The number of aliphatic hydroxyl groups is 1. The second kappa shape index (κ2) is 9.22. The highest BCUT2D eigenvalue weighted by molar-refractivity contribution is 5.83. The molecule has 5 heteroatoms. The van der Waals surface area contributed by atoms with Crippen molar-refractivity contribution < 1.29 is 26.7 Å². The van der Waals surface area contributed by atoms with Gasteiger partial charge in [0.2, 0.25) is 0 Å². The van der Waals surface area contributed by atoms with E-state index in [1.807, 2.05) is 30.5 Å². The maximum absolute atomic E-state index is 11.8. The molecule has 3 aliphatic heterocycles. The number of rotatable bonds is 6. The summed E-state index contributed by atoms with van der Waals surface area (Å²) in [5, 5.41) is 12.8. The molecular weight excluding hydrogens is 420 g/mol. The summed E-state index contributed by atoms with van der Waals surface area (Å²) in [6.45, 7) is 7.25. The molecule has 168 valence electrons. The van der Waals surface area contributed by atoms with E-state index in [2.05, 4.69) is 48.0 Å². The summed E-state index contributed by atoms with van der Waals surface area (Å²) in [6, 6.07) is 18.8. The van der Waals surface area contributed by atoms with Crippen LogP contribution in [0.4, 0.5) is 0 Å². The van der Waals surface area contributed by atoms with Crippen molar-refractivity contribution in [1.29, 1.82) is 0 Å². The summed E-state index contributed by atoms with van der Waals surface area (Å²) >= 11 is 0. The van der Waals surface area contributed by atoms with Gasteiger partial charge < -0.3 is 26.7 Å². The molecule has 3 aliphatic rings. The smallest absolute Gasteiger partial charge is 0.131 e. The van der Waals surface area contributed by atoms with Crippen LogP contribution in [0.5, 0.6) is 5.75 Å². The standard InChI is InChI=1S/C27H31N2O2.ClH/c1-3-20-18-29(17-19-7-5-4-6-8-19)14-12-21(20)15-26(29)27(30)23-11-13-28-25-10-9-22(31-2)16-24(23)25;/h3-11,13,16,20-21,26-27,30H,1,12,14-15,17-18H2,2H3;1H/q+1;/p-1/t20-,21-,26+,27-,29?;/m1./s1. The maximum atomic E-state index is 11.8. The van der Waals surface area contributed by atoms with Crippen molar-refractivity contribution in [1.82, 2.24) is 4.98 Å². The Kier molecular flexibility index (Phi) is 6.57. The number of fused-ring (bicyclic) bond motifs is 4. The third-order valence-corrected chi connectivity index (χ3v) is 7.68. The fourth-order valence-electron chi connectivity index (χ4n) is 6.07. The molecule has 0 saturated carbocycles. The number of quaternary nitrogens is 1. The zero-order chi connectivity index (χ0) is 21.4. The average Bonchev–Trinajstić information content (AvgIpc) is 2.83. The molecule has 3 saturated heterocycles. The van der Waals surface area contributed by atoms with E-state index in [4.69, 9.17) is 4.74 Å². The highest BCUT2D eigenvalue weighted by atomic mass is 35.5. The predicted octanol–water partition coefficient (Wildman–Crippen LogP) is 1.89. The second-order valence-electron chi connectivity index (χ2n) is 9.25. The number of halogens is 1. The molecule has 1 N–H and O–H groups in total. The first-order valence-electron chi connectivity index (χ1n) is 11.3. The molecule has 32 heavy (non-hydrogen) atoms. The van der Waals surface area contributed by atoms with Crippen LogP contribution in [-0.2, 0) is 6.54 Å². The van der Waals surface area contributed by atoms with E-state index < -0.39 is 6.10 Å². The lowest BCUT2D eigenvalue weighted by molar-refractivity contribution is -0.984. The van der Waals surface area contributed by atoms with Crippen LogP contribution >= 0.6 is 0 Å². The van der Waals surface area contributed by atoms with Gasteiger partial charge in [0.1, 0.15) is 24.4 Å². The van der Waals surface area contributed by atoms with Crippen molar-refractivity contribution >= 4 is 10.9 Å². The van der Waals surface area contributed by atoms with Crippen molar-refractivity contribution in [2.75, 3.05) is 20.2 Å². The minimum Gasteiger partial charge on any atom is -1.00 e. The van der Waals surface area contributed by atoms with Crippen molar-refractivity contribution in [2.45, 2.75) is 31.5 Å². The Morgan fingerprint density at radius 3 is 2.78 bits per heavy atom. The quantitative estimate of drug-likeness (QED) is 0.460. The van der Waals surface area contributed by atoms with Gasteiger partial charge in [-0.25, -0.2) is 0 Å². The zero-order valence-electron chi connectivity index (χ0n) is 18.5. The van der Waals surface area contributed by atoms with Gasteiger partial charge in [-0.3, -0.25) is 4.98 Å². The summed E-state index contributed by atoms with van der Waals surface area (Å²) in [5.41, 5.74) is 3.19. The molecule has 0 radical (unpaired) electrons. The van der Waals surface area contributed by atoms with Gasteiger partial charge in [0.05, 0.1) is 25.7 Å². The van der Waals surface area contributed by atoms with E-state index in [0.717, 1.165) is 52.8 Å². The number of benzene rings is 2. The summed E-state index contributed by atoms with van der Waals surface area (Å²) in [4.78, 5) is 4.52. The minimum absolute atomic E-state index is 0. The van der Waals surface area contributed by atoms with Gasteiger partial charge in [0, 0.05) is 35.9 Å². The molecule has 3 aromatic rings. The van der Waals surface area contributed by atoms with Gasteiger partial charge in [0.15, 0.2) is 0 Å². The second-order valence-corrected chi connectivity index (χ2v) is 9.25. The molecule has 3 fully saturated rings. The van der Waals surface area contributed by atoms with Gasteiger partial charge in [-0.05, 0) is 35.7 Å². The third kappa shape index (κ3) is 3.92. The fourth-order valence-corrected chi connectivity index (χ4v) is 6.07. The lowest BCUT2D eigenvalue weighted by Crippen LogP contribution is -3.00. The van der Waals surface area contributed by atoms with Crippen LogP contribution in [0.25, 0.3) is 10.9 Å². The lowest BCUT2D eigenvalue weighted by Gasteiger charge is -2.58. The van der Waals surface area contributed by atoms with Crippen LogP contribution in [0.15, 0.2) is 73.4 Å². The normalized spacial score (nSPS) is 27.5. The summed E-state index contributed by atoms with van der Waals surface area (Å²) in [7, 11) is 1.68. The van der Waals surface area contributed by atoms with E-state index in [0.29, 0.717) is 11.8 Å². The SMILES string of the molecule is C=C[C@@H]1C[N+]2(Cc3ccccc3)CC[C@@H]1C[C@H]2[C@H](O)c1ccnc2ccc(OC)cc12.[Cl-]. The van der Waals surface area contributed by atoms with Crippen LogP contribution in [0.2, 0.25) is 0 Å². The van der Waals surface area contributed by atoms with Crippen LogP contribution in [-0.4, -0.2) is 40.8 Å². The zero-order valence-corrected chi connectivity index (χ0v) is 19.3. The predicted molar refractivity (Wildman–Crippen MR) is 124 cm³/mol. The lowest BCUT2D eigenvalue weighted by atomic mass is 9.71. The molecule has 1 aromatic heterocycles. The van der Waals surface area contributed by atoms with Crippen molar-refractivity contribution in [3.63, 3.8) is 0 Å². The molecule has 2 aromatic carbocycles. The largest absolute Gasteiger partial charge is 1.00 e. The summed E-state index contributed by atoms with van der Waals surface area (Å²) in [5.74, 6) is 1.92. The number of hydrogen-bond donors (Lipinski definition) is 1. The Hall–Kier alpha value is -2.40. The maximum Gasteiger partial charge on any atom is 0.131 e. The molecule has 0 aliphatic carbocycles. The molecule has 2 bridgehead atoms. The fraction of sp³-hybridized carbons (Fsp3) is 0.370. The first kappa shape index (κ1) is 22.8. The van der Waals surface area contributed by atoms with Crippen molar-refractivity contribution in [2.24, 2.45) is 11.8 Å². The van der Waals surface area contributed by atoms with E-state index >= 15 is 0 Å². The van der Waals surface area contributed by atoms with Gasteiger partial charge >= 0.3 is 0 Å². The number of pyridine rings is 1.